The Labute approximate surface area is 113 Å². The molecular weight excluding hydrogens is 329 g/mol. The average molecular weight is 339 g/mol. The maximum atomic E-state index is 9.07. The fourth-order valence-electron chi connectivity index (χ4n) is 1.51. The Bertz CT molecular complexity index is 598. The molecule has 0 N–H and O–H groups in total. The molecule has 0 radical (unpaired) electrons. The highest BCUT2D eigenvalue weighted by molar-refractivity contribution is 14.1. The predicted molar refractivity (Wildman–Crippen MR) is 71.9 cm³/mol. The van der Waals surface area contributed by atoms with Gasteiger partial charge in [-0.05, 0) is 41.6 Å². The topological polar surface area (TPSA) is 50.8 Å². The zero-order valence-electron chi connectivity index (χ0n) is 9.44. The van der Waals surface area contributed by atoms with Crippen molar-refractivity contribution in [2.75, 3.05) is 0 Å². The molecule has 0 fully saturated rings. The van der Waals surface area contributed by atoms with Gasteiger partial charge in [-0.15, -0.1) is 0 Å². The molecule has 2 rings (SSSR count). The van der Waals surface area contributed by atoms with Crippen LogP contribution in [0.15, 0.2) is 24.3 Å². The van der Waals surface area contributed by atoms with Crippen LogP contribution in [0.3, 0.4) is 0 Å². The summed E-state index contributed by atoms with van der Waals surface area (Å²) in [5.41, 5.74) is 1.16. The Morgan fingerprint density at radius 2 is 2.12 bits per heavy atom. The van der Waals surface area contributed by atoms with Crippen molar-refractivity contribution in [3.8, 4) is 17.7 Å². The van der Waals surface area contributed by atoms with E-state index in [1.807, 2.05) is 24.3 Å². The first kappa shape index (κ1) is 11.9. The van der Waals surface area contributed by atoms with Crippen molar-refractivity contribution in [3.63, 3.8) is 0 Å². The van der Waals surface area contributed by atoms with E-state index >= 15 is 0 Å². The van der Waals surface area contributed by atoms with Gasteiger partial charge in [0.1, 0.15) is 17.4 Å². The molecule has 17 heavy (non-hydrogen) atoms. The second-order valence-electron chi connectivity index (χ2n) is 3.53. The minimum absolute atomic E-state index is 0.479. The predicted octanol–water partition coefficient (Wildman–Crippen LogP) is 3.00. The molecule has 4 nitrogen and oxygen atoms in total. The second-order valence-corrected chi connectivity index (χ2v) is 4.70. The number of para-hydroxylation sites is 1. The molecule has 0 amide bonds. The molecule has 0 bridgehead atoms. The summed E-state index contributed by atoms with van der Waals surface area (Å²) in [6.07, 6.45) is 0. The number of rotatable bonds is 2. The highest BCUT2D eigenvalue weighted by Crippen LogP contribution is 2.29. The van der Waals surface area contributed by atoms with Crippen LogP contribution in [0, 0.1) is 21.8 Å². The molecule has 86 valence electrons. The number of hydrogen-bond donors (Lipinski definition) is 0. The first-order valence-corrected chi connectivity index (χ1v) is 6.07. The molecule has 0 unspecified atom stereocenters. The summed E-state index contributed by atoms with van der Waals surface area (Å²) in [6, 6.07) is 9.76. The van der Waals surface area contributed by atoms with Crippen LogP contribution in [-0.2, 0) is 7.05 Å². The van der Waals surface area contributed by atoms with Crippen LogP contribution in [0.2, 0.25) is 0 Å². The van der Waals surface area contributed by atoms with Gasteiger partial charge in [-0.2, -0.15) is 10.4 Å². The van der Waals surface area contributed by atoms with Gasteiger partial charge in [-0.3, -0.25) is 0 Å². The van der Waals surface area contributed by atoms with Crippen LogP contribution in [0.4, 0.5) is 0 Å². The molecule has 0 spiro atoms. The quantitative estimate of drug-likeness (QED) is 0.791. The average Bonchev–Trinajstić information content (AvgIpc) is 2.56. The van der Waals surface area contributed by atoms with E-state index in [4.69, 9.17) is 10.00 Å². The fourth-order valence-corrected chi connectivity index (χ4v) is 2.01. The highest BCUT2D eigenvalue weighted by Gasteiger charge is 2.15. The lowest BCUT2D eigenvalue weighted by Crippen LogP contribution is -1.97. The van der Waals surface area contributed by atoms with Gasteiger partial charge in [0, 0.05) is 7.05 Å². The lowest BCUT2D eigenvalue weighted by atomic mass is 10.3. The maximum Gasteiger partial charge on any atom is 0.235 e. The van der Waals surface area contributed by atoms with E-state index in [1.165, 1.54) is 0 Å². The number of hydrogen-bond acceptors (Lipinski definition) is 3. The molecule has 0 aliphatic rings. The van der Waals surface area contributed by atoms with Crippen molar-refractivity contribution in [2.45, 2.75) is 6.92 Å². The molecule has 1 heterocycles. The highest BCUT2D eigenvalue weighted by atomic mass is 127. The summed E-state index contributed by atoms with van der Waals surface area (Å²) in [6.45, 7) is 1.79. The van der Waals surface area contributed by atoms with Crippen LogP contribution >= 0.6 is 22.6 Å². The van der Waals surface area contributed by atoms with Crippen LogP contribution in [0.25, 0.3) is 0 Å². The molecule has 2 aromatic rings. The number of benzene rings is 1. The number of aryl methyl sites for hydroxylation is 2. The van der Waals surface area contributed by atoms with E-state index in [0.717, 1.165) is 9.32 Å². The van der Waals surface area contributed by atoms with Crippen LogP contribution < -0.4 is 4.74 Å². The third-order valence-electron chi connectivity index (χ3n) is 2.32. The molecular formula is C12H10IN3O. The standard InChI is InChI=1S/C12H10IN3O/c1-8-9(7-14)12(16(2)15-8)17-11-6-4-3-5-10(11)13/h3-6H,1-2H3. The first-order valence-electron chi connectivity index (χ1n) is 4.99. The molecule has 0 aliphatic carbocycles. The second kappa shape index (κ2) is 4.75. The van der Waals surface area contributed by atoms with Gasteiger partial charge < -0.3 is 4.74 Å². The van der Waals surface area contributed by atoms with Gasteiger partial charge in [-0.1, -0.05) is 12.1 Å². The number of nitrogens with zero attached hydrogens (tertiary/aromatic N) is 3. The molecule has 1 aromatic heterocycles. The summed E-state index contributed by atoms with van der Waals surface area (Å²) >= 11 is 2.19. The summed E-state index contributed by atoms with van der Waals surface area (Å²) in [4.78, 5) is 0. The van der Waals surface area contributed by atoms with Crippen molar-refractivity contribution in [3.05, 3.63) is 39.1 Å². The monoisotopic (exact) mass is 339 g/mol. The summed E-state index contributed by atoms with van der Waals surface area (Å²) in [7, 11) is 1.76. The normalized spacial score (nSPS) is 10.0. The maximum absolute atomic E-state index is 9.07. The van der Waals surface area contributed by atoms with E-state index in [1.54, 1.807) is 18.7 Å². The summed E-state index contributed by atoms with van der Waals surface area (Å²) in [5.74, 6) is 1.21. The van der Waals surface area contributed by atoms with Gasteiger partial charge in [0.2, 0.25) is 5.88 Å². The largest absolute Gasteiger partial charge is 0.437 e. The van der Waals surface area contributed by atoms with Gasteiger partial charge in [-0.25, -0.2) is 4.68 Å². The zero-order chi connectivity index (χ0) is 12.4. The number of aromatic nitrogens is 2. The zero-order valence-corrected chi connectivity index (χ0v) is 11.6. The summed E-state index contributed by atoms with van der Waals surface area (Å²) < 4.78 is 8.33. The van der Waals surface area contributed by atoms with E-state index < -0.39 is 0 Å². The lowest BCUT2D eigenvalue weighted by molar-refractivity contribution is 0.427. The van der Waals surface area contributed by atoms with Crippen molar-refractivity contribution in [1.82, 2.24) is 9.78 Å². The Morgan fingerprint density at radius 3 is 2.76 bits per heavy atom. The van der Waals surface area contributed by atoms with Crippen molar-refractivity contribution >= 4 is 22.6 Å². The third kappa shape index (κ3) is 2.26. The molecule has 0 atom stereocenters. The summed E-state index contributed by atoms with van der Waals surface area (Å²) in [5, 5.41) is 13.2. The molecule has 1 aromatic carbocycles. The Balaban J connectivity index is 2.44. The van der Waals surface area contributed by atoms with Gasteiger partial charge in [0.15, 0.2) is 0 Å². The smallest absolute Gasteiger partial charge is 0.235 e. The van der Waals surface area contributed by atoms with Crippen LogP contribution in [0.1, 0.15) is 11.3 Å². The van der Waals surface area contributed by atoms with Crippen LogP contribution in [0.5, 0.6) is 11.6 Å². The van der Waals surface area contributed by atoms with Crippen LogP contribution in [-0.4, -0.2) is 9.78 Å². The molecule has 0 saturated heterocycles. The minimum atomic E-state index is 0.479. The Kier molecular flexibility index (Phi) is 3.33. The number of halogens is 1. The molecule has 0 aliphatic heterocycles. The van der Waals surface area contributed by atoms with Crippen molar-refractivity contribution in [2.24, 2.45) is 7.05 Å². The van der Waals surface area contributed by atoms with Crippen molar-refractivity contribution in [1.29, 1.82) is 5.26 Å². The fraction of sp³-hybridized carbons (Fsp3) is 0.167. The Morgan fingerprint density at radius 1 is 1.41 bits per heavy atom. The first-order chi connectivity index (χ1) is 8.13. The van der Waals surface area contributed by atoms with E-state index in [9.17, 15) is 0 Å². The number of nitriles is 1. The molecule has 0 saturated carbocycles. The van der Waals surface area contributed by atoms with Gasteiger partial charge in [0.25, 0.3) is 0 Å². The SMILES string of the molecule is Cc1nn(C)c(Oc2ccccc2I)c1C#N. The van der Waals surface area contributed by atoms with E-state index in [-0.39, 0.29) is 0 Å². The number of ether oxygens (including phenoxy) is 1. The molecule has 5 heteroatoms. The Hall–Kier alpha value is -1.55. The van der Waals surface area contributed by atoms with Crippen molar-refractivity contribution < 1.29 is 4.74 Å². The lowest BCUT2D eigenvalue weighted by Gasteiger charge is -2.07. The minimum Gasteiger partial charge on any atom is -0.437 e. The van der Waals surface area contributed by atoms with E-state index in [0.29, 0.717) is 17.1 Å². The third-order valence-corrected chi connectivity index (χ3v) is 3.22. The van der Waals surface area contributed by atoms with Gasteiger partial charge >= 0.3 is 0 Å². The van der Waals surface area contributed by atoms with Gasteiger partial charge in [0.05, 0.1) is 9.26 Å². The van der Waals surface area contributed by atoms with E-state index in [2.05, 4.69) is 33.8 Å².